The minimum Gasteiger partial charge on any atom is -0.310 e. The molecule has 3 rings (SSSR count). The largest absolute Gasteiger partial charge is 0.359 e. The number of rotatable bonds is 6. The van der Waals surface area contributed by atoms with Gasteiger partial charge in [0.25, 0.3) is 0 Å². The van der Waals surface area contributed by atoms with Crippen LogP contribution >= 0.6 is 35.1 Å². The third-order valence-corrected chi connectivity index (χ3v) is 9.24. The molecule has 1 unspecified atom stereocenters. The zero-order chi connectivity index (χ0) is 21.4. The van der Waals surface area contributed by atoms with E-state index in [0.29, 0.717) is 5.02 Å². The standard InChI is InChI=1S/C18H16BrClNO6PS/c1-26-28(23,27-2)18(21-29(24,25)13-9-7-12(20)8-10-13)11-16(19)17(22)14-5-3-4-6-15(14)18/h3-11,21H,1-2H3. The number of carbonyl (C=O) groups excluding carboxylic acids is 1. The smallest absolute Gasteiger partial charge is 0.310 e. The van der Waals surface area contributed by atoms with E-state index in [0.717, 1.165) is 14.2 Å². The first-order chi connectivity index (χ1) is 13.6. The summed E-state index contributed by atoms with van der Waals surface area (Å²) in [6.45, 7) is 0. The van der Waals surface area contributed by atoms with Gasteiger partial charge in [0.15, 0.2) is 11.1 Å². The molecule has 154 valence electrons. The molecule has 0 fully saturated rings. The van der Waals surface area contributed by atoms with Gasteiger partial charge in [0.05, 0.1) is 9.38 Å². The predicted octanol–water partition coefficient (Wildman–Crippen LogP) is 4.43. The van der Waals surface area contributed by atoms with Crippen molar-refractivity contribution in [2.45, 2.75) is 10.2 Å². The molecule has 11 heteroatoms. The van der Waals surface area contributed by atoms with Crippen molar-refractivity contribution in [2.24, 2.45) is 0 Å². The van der Waals surface area contributed by atoms with E-state index in [1.165, 1.54) is 42.5 Å². The van der Waals surface area contributed by atoms with E-state index in [2.05, 4.69) is 20.7 Å². The van der Waals surface area contributed by atoms with E-state index in [1.54, 1.807) is 12.1 Å². The molecule has 7 nitrogen and oxygen atoms in total. The SMILES string of the molecule is COP(=O)(OC)C1(NS(=O)(=O)c2ccc(Cl)cc2)C=C(Br)C(=O)c2ccccc21. The van der Waals surface area contributed by atoms with Crippen LogP contribution in [0.3, 0.4) is 0 Å². The number of ketones is 1. The highest BCUT2D eigenvalue weighted by molar-refractivity contribution is 9.12. The molecule has 1 aliphatic carbocycles. The Kier molecular flexibility index (Phi) is 6.23. The Morgan fingerprint density at radius 3 is 2.24 bits per heavy atom. The maximum atomic E-state index is 13.6. The molecule has 1 aliphatic rings. The first-order valence-corrected chi connectivity index (χ1v) is 12.3. The Labute approximate surface area is 181 Å². The summed E-state index contributed by atoms with van der Waals surface area (Å²) < 4.78 is 52.8. The number of hydrogen-bond acceptors (Lipinski definition) is 6. The minimum atomic E-state index is -4.24. The molecule has 1 atom stereocenters. The number of fused-ring (bicyclic) bond motifs is 1. The summed E-state index contributed by atoms with van der Waals surface area (Å²) in [6, 6.07) is 11.7. The second kappa shape index (κ2) is 8.07. The molecule has 0 saturated heterocycles. The number of Topliss-reactive ketones (excluding diaryl/α,β-unsaturated/α-hetero) is 1. The molecule has 0 radical (unpaired) electrons. The third kappa shape index (κ3) is 3.77. The highest BCUT2D eigenvalue weighted by Gasteiger charge is 2.56. The number of sulfonamides is 1. The number of carbonyl (C=O) groups is 1. The van der Waals surface area contributed by atoms with E-state index in [9.17, 15) is 17.8 Å². The van der Waals surface area contributed by atoms with Crippen LogP contribution in [-0.4, -0.2) is 28.4 Å². The van der Waals surface area contributed by atoms with Crippen molar-refractivity contribution in [2.75, 3.05) is 14.2 Å². The van der Waals surface area contributed by atoms with Gasteiger partial charge in [-0.05, 0) is 46.3 Å². The van der Waals surface area contributed by atoms with Crippen LogP contribution in [0.25, 0.3) is 0 Å². The fraction of sp³-hybridized carbons (Fsp3) is 0.167. The lowest BCUT2D eigenvalue weighted by Gasteiger charge is -2.39. The lowest BCUT2D eigenvalue weighted by Crippen LogP contribution is -2.47. The number of hydrogen-bond donors (Lipinski definition) is 1. The van der Waals surface area contributed by atoms with Gasteiger partial charge in [0.2, 0.25) is 10.0 Å². The summed E-state index contributed by atoms with van der Waals surface area (Å²) in [5.74, 6) is -0.388. The van der Waals surface area contributed by atoms with Gasteiger partial charge in [0, 0.05) is 30.4 Å². The molecule has 29 heavy (non-hydrogen) atoms. The van der Waals surface area contributed by atoms with Gasteiger partial charge in [-0.2, -0.15) is 4.72 Å². The normalized spacial score (nSPS) is 19.6. The summed E-state index contributed by atoms with van der Waals surface area (Å²) in [7, 11) is -6.14. The molecule has 2 aromatic carbocycles. The third-order valence-electron chi connectivity index (χ3n) is 4.46. The molecular formula is C18H16BrClNO6PS. The van der Waals surface area contributed by atoms with Crippen LogP contribution in [0.1, 0.15) is 15.9 Å². The summed E-state index contributed by atoms with van der Waals surface area (Å²) in [5, 5.41) is -1.63. The van der Waals surface area contributed by atoms with Gasteiger partial charge >= 0.3 is 7.60 Å². The molecule has 0 aromatic heterocycles. The van der Waals surface area contributed by atoms with Gasteiger partial charge in [-0.15, -0.1) is 0 Å². The Balaban J connectivity index is 2.31. The van der Waals surface area contributed by atoms with Gasteiger partial charge in [0.1, 0.15) is 0 Å². The Morgan fingerprint density at radius 1 is 1.07 bits per heavy atom. The zero-order valence-corrected chi connectivity index (χ0v) is 19.3. The lowest BCUT2D eigenvalue weighted by atomic mass is 9.92. The summed E-state index contributed by atoms with van der Waals surface area (Å²) in [4.78, 5) is 12.5. The topological polar surface area (TPSA) is 98.8 Å². The fourth-order valence-corrected chi connectivity index (χ4v) is 7.44. The average molecular weight is 521 g/mol. The first kappa shape index (κ1) is 22.4. The van der Waals surface area contributed by atoms with Crippen LogP contribution in [0.5, 0.6) is 0 Å². The van der Waals surface area contributed by atoms with Crippen LogP contribution in [0.2, 0.25) is 5.02 Å². The summed E-state index contributed by atoms with van der Waals surface area (Å²) >= 11 is 9.00. The number of nitrogens with one attached hydrogen (secondary N) is 1. The zero-order valence-electron chi connectivity index (χ0n) is 15.3. The van der Waals surface area contributed by atoms with Gasteiger partial charge in [-0.25, -0.2) is 8.42 Å². The second-order valence-electron chi connectivity index (χ2n) is 6.06. The lowest BCUT2D eigenvalue weighted by molar-refractivity contribution is 0.103. The van der Waals surface area contributed by atoms with E-state index in [-0.39, 0.29) is 26.3 Å². The van der Waals surface area contributed by atoms with E-state index in [1.807, 2.05) is 0 Å². The number of allylic oxidation sites excluding steroid dienone is 1. The van der Waals surface area contributed by atoms with Crippen molar-refractivity contribution in [1.82, 2.24) is 4.72 Å². The fourth-order valence-electron chi connectivity index (χ4n) is 3.08. The van der Waals surface area contributed by atoms with Crippen molar-refractivity contribution >= 4 is 50.9 Å². The molecule has 0 spiro atoms. The molecule has 0 amide bonds. The van der Waals surface area contributed by atoms with Crippen LogP contribution in [0.15, 0.2) is 64.0 Å². The molecule has 2 aromatic rings. The van der Waals surface area contributed by atoms with Crippen molar-refractivity contribution in [3.8, 4) is 0 Å². The van der Waals surface area contributed by atoms with E-state index >= 15 is 0 Å². The molecule has 0 heterocycles. The Morgan fingerprint density at radius 2 is 1.66 bits per heavy atom. The van der Waals surface area contributed by atoms with Crippen LogP contribution in [0, 0.1) is 0 Å². The van der Waals surface area contributed by atoms with Crippen molar-refractivity contribution in [3.05, 3.63) is 75.2 Å². The van der Waals surface area contributed by atoms with Gasteiger partial charge in [-0.3, -0.25) is 9.36 Å². The Hall–Kier alpha value is -1.32. The maximum Gasteiger partial charge on any atom is 0.359 e. The van der Waals surface area contributed by atoms with Gasteiger partial charge < -0.3 is 9.05 Å². The van der Waals surface area contributed by atoms with Crippen LogP contribution in [0.4, 0.5) is 0 Å². The number of benzene rings is 2. The predicted molar refractivity (Wildman–Crippen MR) is 113 cm³/mol. The molecular weight excluding hydrogens is 505 g/mol. The second-order valence-corrected chi connectivity index (χ2v) is 11.5. The quantitative estimate of drug-likeness (QED) is 0.566. The highest BCUT2D eigenvalue weighted by Crippen LogP contribution is 2.65. The average Bonchev–Trinajstić information content (AvgIpc) is 2.71. The molecule has 0 aliphatic heterocycles. The monoisotopic (exact) mass is 519 g/mol. The number of halogens is 2. The first-order valence-electron chi connectivity index (χ1n) is 8.14. The van der Waals surface area contributed by atoms with Crippen molar-refractivity contribution < 1.29 is 26.8 Å². The maximum absolute atomic E-state index is 13.6. The molecule has 0 saturated carbocycles. The van der Waals surface area contributed by atoms with E-state index in [4.69, 9.17) is 20.6 Å². The highest BCUT2D eigenvalue weighted by atomic mass is 79.9. The van der Waals surface area contributed by atoms with Crippen LogP contribution < -0.4 is 4.72 Å². The van der Waals surface area contributed by atoms with Crippen molar-refractivity contribution in [3.63, 3.8) is 0 Å². The summed E-state index contributed by atoms with van der Waals surface area (Å²) in [6.07, 6.45) is 1.21. The molecule has 1 N–H and O–H groups in total. The Bertz CT molecular complexity index is 1140. The van der Waals surface area contributed by atoms with Crippen molar-refractivity contribution in [1.29, 1.82) is 0 Å². The van der Waals surface area contributed by atoms with Crippen LogP contribution in [-0.2, 0) is 28.9 Å². The summed E-state index contributed by atoms with van der Waals surface area (Å²) in [5.41, 5.74) is 0.313. The van der Waals surface area contributed by atoms with E-state index < -0.39 is 22.9 Å². The minimum absolute atomic E-state index is 0.0179. The molecule has 0 bridgehead atoms. The van der Waals surface area contributed by atoms with Gasteiger partial charge in [-0.1, -0.05) is 35.9 Å².